The van der Waals surface area contributed by atoms with Crippen LogP contribution >= 0.6 is 0 Å². The standard InChI is InChI=1S/C10H14O2S/c1-3-4-9-5-7-10(8-6-9)13(2,11)12/h5-8H,3-4H2,1-2H3. The Labute approximate surface area is 79.5 Å². The minimum absolute atomic E-state index is 0.396. The Morgan fingerprint density at radius 1 is 1.15 bits per heavy atom. The number of sulfone groups is 1. The van der Waals surface area contributed by atoms with E-state index >= 15 is 0 Å². The highest BCUT2D eigenvalue weighted by Gasteiger charge is 2.05. The van der Waals surface area contributed by atoms with Gasteiger partial charge in [0.2, 0.25) is 0 Å². The van der Waals surface area contributed by atoms with E-state index in [0.717, 1.165) is 12.8 Å². The highest BCUT2D eigenvalue weighted by atomic mass is 32.2. The Morgan fingerprint density at radius 3 is 2.08 bits per heavy atom. The Kier molecular flexibility index (Phi) is 3.09. The van der Waals surface area contributed by atoms with Crippen LogP contribution in [0.15, 0.2) is 29.2 Å². The Morgan fingerprint density at radius 2 is 1.69 bits per heavy atom. The molecule has 0 saturated carbocycles. The first kappa shape index (κ1) is 10.3. The second-order valence-corrected chi connectivity index (χ2v) is 5.18. The van der Waals surface area contributed by atoms with Crippen molar-refractivity contribution in [3.8, 4) is 0 Å². The predicted octanol–water partition coefficient (Wildman–Crippen LogP) is 2.04. The van der Waals surface area contributed by atoms with Crippen molar-refractivity contribution in [1.82, 2.24) is 0 Å². The highest BCUT2D eigenvalue weighted by molar-refractivity contribution is 7.90. The number of benzene rings is 1. The van der Waals surface area contributed by atoms with Crippen LogP contribution in [0.2, 0.25) is 0 Å². The molecule has 3 heteroatoms. The maximum atomic E-state index is 11.1. The van der Waals surface area contributed by atoms with E-state index in [1.165, 1.54) is 11.8 Å². The van der Waals surface area contributed by atoms with E-state index in [-0.39, 0.29) is 0 Å². The van der Waals surface area contributed by atoms with E-state index in [0.29, 0.717) is 4.90 Å². The van der Waals surface area contributed by atoms with Crippen molar-refractivity contribution < 1.29 is 8.42 Å². The molecular weight excluding hydrogens is 184 g/mol. The van der Waals surface area contributed by atoms with Crippen LogP contribution in [0.25, 0.3) is 0 Å². The van der Waals surface area contributed by atoms with Crippen LogP contribution in [-0.4, -0.2) is 14.7 Å². The average Bonchev–Trinajstić information content (AvgIpc) is 2.04. The van der Waals surface area contributed by atoms with Crippen molar-refractivity contribution >= 4 is 9.84 Å². The third-order valence-corrected chi connectivity index (χ3v) is 3.02. The van der Waals surface area contributed by atoms with E-state index in [9.17, 15) is 8.42 Å². The zero-order valence-electron chi connectivity index (χ0n) is 7.95. The molecule has 0 bridgehead atoms. The first-order chi connectivity index (χ1) is 6.04. The van der Waals surface area contributed by atoms with Crippen molar-refractivity contribution in [2.24, 2.45) is 0 Å². The van der Waals surface area contributed by atoms with Gasteiger partial charge in [0.05, 0.1) is 4.90 Å². The minimum atomic E-state index is -3.03. The van der Waals surface area contributed by atoms with Gasteiger partial charge in [-0.05, 0) is 24.1 Å². The molecule has 0 amide bonds. The average molecular weight is 198 g/mol. The van der Waals surface area contributed by atoms with Gasteiger partial charge in [-0.1, -0.05) is 25.5 Å². The van der Waals surface area contributed by atoms with Crippen LogP contribution in [0.5, 0.6) is 0 Å². The molecule has 0 unspecified atom stereocenters. The summed E-state index contributed by atoms with van der Waals surface area (Å²) in [6.45, 7) is 2.10. The Hall–Kier alpha value is -0.830. The molecule has 13 heavy (non-hydrogen) atoms. The molecule has 0 aliphatic rings. The number of hydrogen-bond donors (Lipinski definition) is 0. The predicted molar refractivity (Wildman–Crippen MR) is 53.5 cm³/mol. The zero-order chi connectivity index (χ0) is 9.90. The van der Waals surface area contributed by atoms with Gasteiger partial charge in [0.25, 0.3) is 0 Å². The van der Waals surface area contributed by atoms with Crippen molar-refractivity contribution in [2.45, 2.75) is 24.7 Å². The molecule has 0 atom stereocenters. The lowest BCUT2D eigenvalue weighted by Gasteiger charge is -2.00. The summed E-state index contributed by atoms with van der Waals surface area (Å²) >= 11 is 0. The molecule has 1 aromatic rings. The normalized spacial score (nSPS) is 11.5. The molecule has 0 fully saturated rings. The molecule has 0 spiro atoms. The molecule has 72 valence electrons. The van der Waals surface area contributed by atoms with E-state index in [1.807, 2.05) is 12.1 Å². The third kappa shape index (κ3) is 2.84. The van der Waals surface area contributed by atoms with Gasteiger partial charge >= 0.3 is 0 Å². The monoisotopic (exact) mass is 198 g/mol. The lowest BCUT2D eigenvalue weighted by Crippen LogP contribution is -1.96. The summed E-state index contributed by atoms with van der Waals surface area (Å²) in [6.07, 6.45) is 3.31. The quantitative estimate of drug-likeness (QED) is 0.745. The van der Waals surface area contributed by atoms with E-state index in [4.69, 9.17) is 0 Å². The van der Waals surface area contributed by atoms with Crippen LogP contribution < -0.4 is 0 Å². The lowest BCUT2D eigenvalue weighted by atomic mass is 10.1. The van der Waals surface area contributed by atoms with Crippen molar-refractivity contribution in [2.75, 3.05) is 6.26 Å². The second-order valence-electron chi connectivity index (χ2n) is 3.17. The lowest BCUT2D eigenvalue weighted by molar-refractivity contribution is 0.602. The molecule has 0 aliphatic carbocycles. The minimum Gasteiger partial charge on any atom is -0.224 e. The largest absolute Gasteiger partial charge is 0.224 e. The topological polar surface area (TPSA) is 34.1 Å². The SMILES string of the molecule is CCCc1ccc(S(C)(=O)=O)cc1. The van der Waals surface area contributed by atoms with Crippen LogP contribution in [0.1, 0.15) is 18.9 Å². The third-order valence-electron chi connectivity index (χ3n) is 1.89. The van der Waals surface area contributed by atoms with Crippen LogP contribution in [-0.2, 0) is 16.3 Å². The van der Waals surface area contributed by atoms with Crippen molar-refractivity contribution in [3.05, 3.63) is 29.8 Å². The summed E-state index contributed by atoms with van der Waals surface area (Å²) in [6, 6.07) is 7.08. The maximum Gasteiger partial charge on any atom is 0.175 e. The van der Waals surface area contributed by atoms with Crippen LogP contribution in [0.3, 0.4) is 0 Å². The number of aryl methyl sites for hydroxylation is 1. The first-order valence-corrected chi connectivity index (χ1v) is 6.22. The summed E-state index contributed by atoms with van der Waals surface area (Å²) in [4.78, 5) is 0.396. The molecular formula is C10H14O2S. The summed E-state index contributed by atoms with van der Waals surface area (Å²) in [5, 5.41) is 0. The molecule has 1 rings (SSSR count). The molecule has 0 aliphatic heterocycles. The van der Waals surface area contributed by atoms with Crippen molar-refractivity contribution in [1.29, 1.82) is 0 Å². The van der Waals surface area contributed by atoms with Gasteiger partial charge in [-0.15, -0.1) is 0 Å². The van der Waals surface area contributed by atoms with Gasteiger partial charge in [0, 0.05) is 6.26 Å². The molecule has 0 heterocycles. The first-order valence-electron chi connectivity index (χ1n) is 4.33. The fourth-order valence-electron chi connectivity index (χ4n) is 1.19. The summed E-state index contributed by atoms with van der Waals surface area (Å²) in [5.74, 6) is 0. The summed E-state index contributed by atoms with van der Waals surface area (Å²) in [5.41, 5.74) is 1.19. The molecule has 0 saturated heterocycles. The molecule has 0 aromatic heterocycles. The Bertz CT molecular complexity index is 362. The molecule has 0 N–H and O–H groups in total. The van der Waals surface area contributed by atoms with Gasteiger partial charge in [0.15, 0.2) is 9.84 Å². The number of rotatable bonds is 3. The highest BCUT2D eigenvalue weighted by Crippen LogP contribution is 2.11. The fraction of sp³-hybridized carbons (Fsp3) is 0.400. The van der Waals surface area contributed by atoms with Gasteiger partial charge in [-0.2, -0.15) is 0 Å². The van der Waals surface area contributed by atoms with Crippen LogP contribution in [0.4, 0.5) is 0 Å². The van der Waals surface area contributed by atoms with Gasteiger partial charge in [0.1, 0.15) is 0 Å². The Balaban J connectivity index is 2.94. The molecule has 1 aromatic carbocycles. The van der Waals surface area contributed by atoms with E-state index in [1.54, 1.807) is 12.1 Å². The maximum absolute atomic E-state index is 11.1. The zero-order valence-corrected chi connectivity index (χ0v) is 8.76. The van der Waals surface area contributed by atoms with Crippen LogP contribution in [0, 0.1) is 0 Å². The van der Waals surface area contributed by atoms with E-state index < -0.39 is 9.84 Å². The molecule has 2 nitrogen and oxygen atoms in total. The summed E-state index contributed by atoms with van der Waals surface area (Å²) < 4.78 is 22.2. The van der Waals surface area contributed by atoms with E-state index in [2.05, 4.69) is 6.92 Å². The smallest absolute Gasteiger partial charge is 0.175 e. The number of hydrogen-bond acceptors (Lipinski definition) is 2. The van der Waals surface area contributed by atoms with Gasteiger partial charge in [-0.3, -0.25) is 0 Å². The van der Waals surface area contributed by atoms with Gasteiger partial charge in [-0.25, -0.2) is 8.42 Å². The van der Waals surface area contributed by atoms with Crippen molar-refractivity contribution in [3.63, 3.8) is 0 Å². The second kappa shape index (κ2) is 3.92. The van der Waals surface area contributed by atoms with Gasteiger partial charge < -0.3 is 0 Å². The fourth-order valence-corrected chi connectivity index (χ4v) is 1.82. The summed E-state index contributed by atoms with van der Waals surface area (Å²) in [7, 11) is -3.03. The molecule has 0 radical (unpaired) electrons.